The zero-order valence-corrected chi connectivity index (χ0v) is 19.7. The minimum absolute atomic E-state index is 0.0482. The van der Waals surface area contributed by atoms with Crippen LogP contribution >= 0.6 is 0 Å². The van der Waals surface area contributed by atoms with E-state index in [1.807, 2.05) is 19.9 Å². The maximum absolute atomic E-state index is 13.4. The first-order valence-electron chi connectivity index (χ1n) is 11.7. The lowest BCUT2D eigenvalue weighted by Crippen LogP contribution is -2.43. The normalized spacial score (nSPS) is 11.4. The van der Waals surface area contributed by atoms with Gasteiger partial charge >= 0.3 is 5.69 Å². The average molecular weight is 481 g/mol. The summed E-state index contributed by atoms with van der Waals surface area (Å²) in [5, 5.41) is 0.705. The number of aromatic amines is 1. The van der Waals surface area contributed by atoms with Crippen molar-refractivity contribution in [3.05, 3.63) is 61.8 Å². The molecule has 0 bridgehead atoms. The second kappa shape index (κ2) is 10.00. The average Bonchev–Trinajstić information content (AvgIpc) is 3.22. The van der Waals surface area contributed by atoms with Crippen molar-refractivity contribution in [2.24, 2.45) is 0 Å². The first-order valence-corrected chi connectivity index (χ1v) is 11.7. The number of carbonyl (C=O) groups is 1. The van der Waals surface area contributed by atoms with E-state index >= 15 is 0 Å². The minimum atomic E-state index is -0.747. The van der Waals surface area contributed by atoms with Crippen LogP contribution in [0.15, 0.2) is 49.4 Å². The van der Waals surface area contributed by atoms with Crippen molar-refractivity contribution in [1.82, 2.24) is 19.1 Å². The molecule has 0 atom stereocenters. The van der Waals surface area contributed by atoms with Crippen LogP contribution < -0.4 is 27.4 Å². The second-order valence-electron chi connectivity index (χ2n) is 8.35. The van der Waals surface area contributed by atoms with E-state index in [-0.39, 0.29) is 30.2 Å². The zero-order chi connectivity index (χ0) is 25.1. The monoisotopic (exact) mass is 480 g/mol. The summed E-state index contributed by atoms with van der Waals surface area (Å²) >= 11 is 0. The number of nitrogens with one attached hydrogen (secondary N) is 1. The molecule has 0 aliphatic rings. The second-order valence-corrected chi connectivity index (χ2v) is 8.35. The molecule has 35 heavy (non-hydrogen) atoms. The third kappa shape index (κ3) is 4.48. The molecule has 0 saturated carbocycles. The summed E-state index contributed by atoms with van der Waals surface area (Å²) in [5.74, 6) is -0.606. The lowest BCUT2D eigenvalue weighted by atomic mass is 10.2. The lowest BCUT2D eigenvalue weighted by molar-refractivity contribution is -0.119. The Morgan fingerprint density at radius 1 is 1.14 bits per heavy atom. The lowest BCUT2D eigenvalue weighted by Gasteiger charge is -2.24. The van der Waals surface area contributed by atoms with Crippen molar-refractivity contribution in [2.75, 3.05) is 17.2 Å². The van der Waals surface area contributed by atoms with Gasteiger partial charge in [-0.15, -0.1) is 0 Å². The van der Waals surface area contributed by atoms with Crippen molar-refractivity contribution < 1.29 is 9.21 Å². The van der Waals surface area contributed by atoms with Crippen molar-refractivity contribution in [3.8, 4) is 0 Å². The zero-order valence-electron chi connectivity index (χ0n) is 19.7. The molecule has 4 aromatic rings. The summed E-state index contributed by atoms with van der Waals surface area (Å²) in [5.41, 5.74) is 5.25. The van der Waals surface area contributed by atoms with Gasteiger partial charge in [0.1, 0.15) is 23.5 Å². The van der Waals surface area contributed by atoms with Gasteiger partial charge < -0.3 is 15.1 Å². The van der Waals surface area contributed by atoms with E-state index in [1.54, 1.807) is 18.2 Å². The topological polar surface area (TPSA) is 149 Å². The number of H-pyrrole nitrogens is 1. The third-order valence-electron chi connectivity index (χ3n) is 5.91. The number of amides is 1. The number of furan rings is 1. The van der Waals surface area contributed by atoms with Crippen LogP contribution in [0, 0.1) is 0 Å². The van der Waals surface area contributed by atoms with E-state index < -0.39 is 22.7 Å². The molecule has 11 heteroatoms. The van der Waals surface area contributed by atoms with E-state index in [1.165, 1.54) is 15.8 Å². The highest BCUT2D eigenvalue weighted by atomic mass is 16.3. The van der Waals surface area contributed by atoms with E-state index in [2.05, 4.69) is 9.97 Å². The maximum Gasteiger partial charge on any atom is 0.330 e. The number of para-hydroxylation sites is 1. The van der Waals surface area contributed by atoms with E-state index in [0.717, 1.165) is 17.4 Å². The molecule has 11 nitrogen and oxygen atoms in total. The van der Waals surface area contributed by atoms with Crippen LogP contribution in [-0.2, 0) is 17.9 Å². The number of fused-ring (bicyclic) bond motifs is 3. The molecule has 184 valence electrons. The van der Waals surface area contributed by atoms with E-state index in [4.69, 9.17) is 10.2 Å². The minimum Gasteiger partial charge on any atom is -0.448 e. The fraction of sp³-hybridized carbons (Fsp3) is 0.375. The molecule has 1 aromatic carbocycles. The quantitative estimate of drug-likeness (QED) is 0.373. The Bertz CT molecular complexity index is 1560. The molecule has 3 N–H and O–H groups in total. The molecule has 3 aromatic heterocycles. The van der Waals surface area contributed by atoms with Crippen LogP contribution in [0.2, 0.25) is 0 Å². The van der Waals surface area contributed by atoms with Gasteiger partial charge in [-0.05, 0) is 25.0 Å². The summed E-state index contributed by atoms with van der Waals surface area (Å²) in [7, 11) is 0. The summed E-state index contributed by atoms with van der Waals surface area (Å²) in [6, 6.07) is 7.15. The summed E-state index contributed by atoms with van der Waals surface area (Å²) in [6.45, 7) is 4.05. The van der Waals surface area contributed by atoms with Gasteiger partial charge in [-0.2, -0.15) is 0 Å². The molecule has 0 radical (unpaired) electrons. The van der Waals surface area contributed by atoms with Crippen LogP contribution in [-0.4, -0.2) is 31.6 Å². The molecular weight excluding hydrogens is 452 g/mol. The summed E-state index contributed by atoms with van der Waals surface area (Å²) in [6.07, 6.45) is 4.13. The maximum atomic E-state index is 13.4. The van der Waals surface area contributed by atoms with Crippen molar-refractivity contribution in [2.45, 2.75) is 52.6 Å². The highest BCUT2D eigenvalue weighted by Crippen LogP contribution is 2.24. The van der Waals surface area contributed by atoms with Crippen molar-refractivity contribution in [1.29, 1.82) is 0 Å². The largest absolute Gasteiger partial charge is 0.448 e. The Hall–Kier alpha value is -4.15. The van der Waals surface area contributed by atoms with Crippen LogP contribution in [0.3, 0.4) is 0 Å². The molecule has 0 aliphatic heterocycles. The SMILES string of the molecule is CCCCN(C(=O)Cn1cnc2c(oc3ccccc32)c1=O)c1c(N)n(CCCC)c(=O)[nH]c1=O. The number of aromatic nitrogens is 4. The number of carbonyl (C=O) groups excluding carboxylic acids is 1. The van der Waals surface area contributed by atoms with Gasteiger partial charge in [0.25, 0.3) is 11.1 Å². The number of anilines is 2. The van der Waals surface area contributed by atoms with Crippen LogP contribution in [0.1, 0.15) is 39.5 Å². The van der Waals surface area contributed by atoms with Gasteiger partial charge in [0.05, 0.1) is 6.33 Å². The van der Waals surface area contributed by atoms with Gasteiger partial charge in [-0.3, -0.25) is 28.5 Å². The molecule has 0 spiro atoms. The highest BCUT2D eigenvalue weighted by Gasteiger charge is 2.25. The molecule has 0 fully saturated rings. The third-order valence-corrected chi connectivity index (χ3v) is 5.91. The Morgan fingerprint density at radius 2 is 1.89 bits per heavy atom. The Labute approximate surface area is 199 Å². The summed E-state index contributed by atoms with van der Waals surface area (Å²) < 4.78 is 8.09. The predicted octanol–water partition coefficient (Wildman–Crippen LogP) is 2.21. The van der Waals surface area contributed by atoms with Gasteiger partial charge in [0, 0.05) is 18.5 Å². The van der Waals surface area contributed by atoms with E-state index in [0.29, 0.717) is 35.9 Å². The number of benzene rings is 1. The number of hydrogen-bond acceptors (Lipinski definition) is 7. The Balaban J connectivity index is 1.74. The standard InChI is InChI=1S/C24H28N6O5/c1-3-5-11-29(19-21(25)30(12-6-4-2)24(34)27-22(19)32)17(31)13-28-14-26-18-15-9-7-8-10-16(15)35-20(18)23(28)33/h7-10,14H,3-6,11-13,25H2,1-2H3,(H,27,32,34). The number of nitrogens with zero attached hydrogens (tertiary/aromatic N) is 4. The van der Waals surface area contributed by atoms with Crippen LogP contribution in [0.25, 0.3) is 22.1 Å². The highest BCUT2D eigenvalue weighted by molar-refractivity contribution is 6.02. The van der Waals surface area contributed by atoms with E-state index in [9.17, 15) is 19.2 Å². The molecule has 0 aliphatic carbocycles. The van der Waals surface area contributed by atoms with Crippen molar-refractivity contribution >= 4 is 39.5 Å². The van der Waals surface area contributed by atoms with Gasteiger partial charge in [0.2, 0.25) is 11.5 Å². The van der Waals surface area contributed by atoms with Crippen LogP contribution in [0.5, 0.6) is 0 Å². The number of unbranched alkanes of at least 4 members (excludes halogenated alkanes) is 2. The molecule has 3 heterocycles. The van der Waals surface area contributed by atoms with Gasteiger partial charge in [-0.1, -0.05) is 38.8 Å². The van der Waals surface area contributed by atoms with Crippen molar-refractivity contribution in [3.63, 3.8) is 0 Å². The van der Waals surface area contributed by atoms with Gasteiger partial charge in [0.15, 0.2) is 5.69 Å². The molecule has 0 unspecified atom stereocenters. The predicted molar refractivity (Wildman–Crippen MR) is 134 cm³/mol. The summed E-state index contributed by atoms with van der Waals surface area (Å²) in [4.78, 5) is 59.4. The fourth-order valence-corrected chi connectivity index (χ4v) is 4.01. The molecule has 4 rings (SSSR count). The smallest absolute Gasteiger partial charge is 0.330 e. The molecular formula is C24H28N6O5. The first kappa shape index (κ1) is 24.0. The number of nitrogens with two attached hydrogens (primary N) is 1. The number of nitrogen functional groups attached to an aromatic ring is 1. The fourth-order valence-electron chi connectivity index (χ4n) is 4.01. The van der Waals surface area contributed by atoms with Gasteiger partial charge in [-0.25, -0.2) is 9.78 Å². The molecule has 0 saturated heterocycles. The Morgan fingerprint density at radius 3 is 2.63 bits per heavy atom. The number of hydrogen-bond donors (Lipinski definition) is 2. The number of rotatable bonds is 9. The first-order chi connectivity index (χ1) is 16.9. The Kier molecular flexibility index (Phi) is 6.85. The van der Waals surface area contributed by atoms with Crippen LogP contribution in [0.4, 0.5) is 11.5 Å². The molecule has 1 amide bonds.